The predicted octanol–water partition coefficient (Wildman–Crippen LogP) is 2.65. The van der Waals surface area contributed by atoms with Crippen LogP contribution in [0.5, 0.6) is 0 Å². The first kappa shape index (κ1) is 9.54. The summed E-state index contributed by atoms with van der Waals surface area (Å²) in [5.41, 5.74) is 1.53. The second-order valence-corrected chi connectivity index (χ2v) is 4.57. The van der Waals surface area contributed by atoms with Crippen LogP contribution in [0.1, 0.15) is 0 Å². The minimum Gasteiger partial charge on any atom is -0.318 e. The smallest absolute Gasteiger partial charge is 0.199 e. The average Bonchev–Trinajstić information content (AvgIpc) is 2.27. The van der Waals surface area contributed by atoms with Crippen molar-refractivity contribution < 1.29 is 0 Å². The van der Waals surface area contributed by atoms with Gasteiger partial charge in [-0.15, -0.1) is 0 Å². The van der Waals surface area contributed by atoms with Crippen LogP contribution in [0, 0.1) is 0 Å². The fraction of sp³-hybridized carbons (Fsp3) is 0.167. The van der Waals surface area contributed by atoms with Gasteiger partial charge < -0.3 is 4.57 Å². The third-order valence-corrected chi connectivity index (χ3v) is 3.22. The molecule has 0 aromatic carbocycles. The van der Waals surface area contributed by atoms with E-state index in [1.54, 1.807) is 0 Å². The van der Waals surface area contributed by atoms with Gasteiger partial charge in [0.05, 0.1) is 0 Å². The SMILES string of the molecule is Cn1c(Br)nc2nc(Br)nc(Br)c21. The Hall–Kier alpha value is -0.0100. The van der Waals surface area contributed by atoms with Crippen molar-refractivity contribution in [2.24, 2.45) is 7.05 Å². The van der Waals surface area contributed by atoms with Crippen molar-refractivity contribution in [3.63, 3.8) is 0 Å². The maximum absolute atomic E-state index is 4.20. The van der Waals surface area contributed by atoms with Gasteiger partial charge in [-0.2, -0.15) is 0 Å². The third-order valence-electron chi connectivity index (χ3n) is 1.61. The van der Waals surface area contributed by atoms with Crippen LogP contribution in [0.4, 0.5) is 0 Å². The second-order valence-electron chi connectivity index (χ2n) is 2.40. The van der Waals surface area contributed by atoms with Gasteiger partial charge in [-0.3, -0.25) is 0 Å². The van der Waals surface area contributed by atoms with Crippen molar-refractivity contribution in [1.82, 2.24) is 19.5 Å². The largest absolute Gasteiger partial charge is 0.318 e. The van der Waals surface area contributed by atoms with Crippen LogP contribution in [-0.4, -0.2) is 19.5 Å². The normalized spacial score (nSPS) is 11.1. The third kappa shape index (κ3) is 1.53. The lowest BCUT2D eigenvalue weighted by atomic mass is 10.5. The van der Waals surface area contributed by atoms with Crippen LogP contribution in [0.15, 0.2) is 14.1 Å². The minimum absolute atomic E-state index is 0.525. The molecule has 0 saturated heterocycles. The minimum atomic E-state index is 0.525. The molecule has 0 unspecified atom stereocenters. The van der Waals surface area contributed by atoms with Gasteiger partial charge in [0.15, 0.2) is 15.1 Å². The Bertz CT molecular complexity index is 478. The molecule has 2 heterocycles. The van der Waals surface area contributed by atoms with E-state index in [1.807, 2.05) is 11.6 Å². The first-order valence-electron chi connectivity index (χ1n) is 3.30. The monoisotopic (exact) mass is 368 g/mol. The van der Waals surface area contributed by atoms with E-state index in [4.69, 9.17) is 0 Å². The zero-order chi connectivity index (χ0) is 9.59. The molecule has 7 heteroatoms. The van der Waals surface area contributed by atoms with Crippen LogP contribution >= 0.6 is 47.8 Å². The molecular weight excluding hydrogens is 368 g/mol. The number of fused-ring (bicyclic) bond motifs is 1. The number of aromatic nitrogens is 4. The second kappa shape index (κ2) is 3.29. The van der Waals surface area contributed by atoms with Crippen molar-refractivity contribution >= 4 is 59.0 Å². The van der Waals surface area contributed by atoms with E-state index in [-0.39, 0.29) is 0 Å². The molecule has 0 radical (unpaired) electrons. The van der Waals surface area contributed by atoms with Crippen LogP contribution in [0.2, 0.25) is 0 Å². The highest BCUT2D eigenvalue weighted by atomic mass is 79.9. The Morgan fingerprint density at radius 1 is 1.08 bits per heavy atom. The summed E-state index contributed by atoms with van der Waals surface area (Å²) in [6.45, 7) is 0. The number of halogens is 3. The van der Waals surface area contributed by atoms with Crippen LogP contribution in [-0.2, 0) is 7.05 Å². The molecule has 4 nitrogen and oxygen atoms in total. The topological polar surface area (TPSA) is 43.6 Å². The maximum atomic E-state index is 4.20. The first-order valence-corrected chi connectivity index (χ1v) is 5.68. The molecule has 0 amide bonds. The van der Waals surface area contributed by atoms with Gasteiger partial charge in [-0.1, -0.05) is 0 Å². The van der Waals surface area contributed by atoms with Crippen LogP contribution in [0.3, 0.4) is 0 Å². The van der Waals surface area contributed by atoms with E-state index >= 15 is 0 Å². The Balaban J connectivity index is 2.94. The molecule has 0 aliphatic carbocycles. The number of aryl methyl sites for hydroxylation is 1. The number of imidazole rings is 1. The number of rotatable bonds is 0. The zero-order valence-corrected chi connectivity index (χ0v) is 11.2. The molecule has 2 aromatic rings. The van der Waals surface area contributed by atoms with Crippen molar-refractivity contribution in [2.75, 3.05) is 0 Å². The van der Waals surface area contributed by atoms with Crippen molar-refractivity contribution in [3.8, 4) is 0 Å². The Labute approximate surface area is 99.2 Å². The summed E-state index contributed by atoms with van der Waals surface area (Å²) in [4.78, 5) is 12.5. The van der Waals surface area contributed by atoms with E-state index in [0.29, 0.717) is 10.4 Å². The summed E-state index contributed by atoms with van der Waals surface area (Å²) < 4.78 is 3.85. The van der Waals surface area contributed by atoms with Gasteiger partial charge >= 0.3 is 0 Å². The van der Waals surface area contributed by atoms with E-state index in [2.05, 4.69) is 62.7 Å². The van der Waals surface area contributed by atoms with Gasteiger partial charge in [-0.25, -0.2) is 15.0 Å². The average molecular weight is 371 g/mol. The van der Waals surface area contributed by atoms with E-state index in [1.165, 1.54) is 0 Å². The van der Waals surface area contributed by atoms with Gasteiger partial charge in [0.1, 0.15) is 10.1 Å². The maximum Gasteiger partial charge on any atom is 0.199 e. The van der Waals surface area contributed by atoms with E-state index in [9.17, 15) is 0 Å². The fourth-order valence-corrected chi connectivity index (χ4v) is 2.55. The highest BCUT2D eigenvalue weighted by Gasteiger charge is 2.11. The molecule has 68 valence electrons. The standard InChI is InChI=1S/C6H3Br3N4/c1-13-2-3(7)10-5(8)11-4(2)12-6(13)9/h1H3. The highest BCUT2D eigenvalue weighted by molar-refractivity contribution is 9.11. The molecule has 2 aromatic heterocycles. The Morgan fingerprint density at radius 3 is 2.46 bits per heavy atom. The molecule has 0 aliphatic heterocycles. The summed E-state index contributed by atoms with van der Waals surface area (Å²) in [6.07, 6.45) is 0. The lowest BCUT2D eigenvalue weighted by Gasteiger charge is -1.97. The summed E-state index contributed by atoms with van der Waals surface area (Å²) in [6, 6.07) is 0. The molecule has 0 atom stereocenters. The summed E-state index contributed by atoms with van der Waals surface area (Å²) in [5, 5.41) is 0. The van der Waals surface area contributed by atoms with Crippen molar-refractivity contribution in [1.29, 1.82) is 0 Å². The fourth-order valence-electron chi connectivity index (χ4n) is 1.01. The quantitative estimate of drug-likeness (QED) is 0.407. The van der Waals surface area contributed by atoms with Gasteiger partial charge in [0.25, 0.3) is 0 Å². The highest BCUT2D eigenvalue weighted by Crippen LogP contribution is 2.24. The molecule has 0 saturated carbocycles. The Kier molecular flexibility index (Phi) is 2.41. The lowest BCUT2D eigenvalue weighted by molar-refractivity contribution is 0.906. The molecule has 0 aliphatic rings. The van der Waals surface area contributed by atoms with Gasteiger partial charge in [0.2, 0.25) is 0 Å². The number of nitrogens with zero attached hydrogens (tertiary/aromatic N) is 4. The molecule has 0 fully saturated rings. The predicted molar refractivity (Wildman–Crippen MR) is 59.4 cm³/mol. The van der Waals surface area contributed by atoms with Gasteiger partial charge in [-0.05, 0) is 47.8 Å². The van der Waals surface area contributed by atoms with E-state index in [0.717, 1.165) is 14.9 Å². The van der Waals surface area contributed by atoms with Crippen molar-refractivity contribution in [2.45, 2.75) is 0 Å². The Morgan fingerprint density at radius 2 is 1.77 bits per heavy atom. The number of hydrogen-bond acceptors (Lipinski definition) is 3. The summed E-state index contributed by atoms with van der Waals surface area (Å²) in [5.74, 6) is 0. The zero-order valence-electron chi connectivity index (χ0n) is 6.42. The van der Waals surface area contributed by atoms with Crippen molar-refractivity contribution in [3.05, 3.63) is 14.1 Å². The summed E-state index contributed by atoms with van der Waals surface area (Å²) >= 11 is 9.86. The van der Waals surface area contributed by atoms with Gasteiger partial charge in [0, 0.05) is 7.05 Å². The molecule has 2 rings (SSSR count). The molecule has 0 bridgehead atoms. The van der Waals surface area contributed by atoms with Crippen LogP contribution < -0.4 is 0 Å². The van der Waals surface area contributed by atoms with Crippen LogP contribution in [0.25, 0.3) is 11.2 Å². The molecule has 0 N–H and O–H groups in total. The lowest BCUT2D eigenvalue weighted by Crippen LogP contribution is -1.91. The molecule has 0 spiro atoms. The number of hydrogen-bond donors (Lipinski definition) is 0. The summed E-state index contributed by atoms with van der Waals surface area (Å²) in [7, 11) is 1.89. The van der Waals surface area contributed by atoms with E-state index < -0.39 is 0 Å². The first-order chi connectivity index (χ1) is 6.09. The molecule has 13 heavy (non-hydrogen) atoms. The molecular formula is C6H3Br3N4.